The molecule has 1 unspecified atom stereocenters. The van der Waals surface area contributed by atoms with Gasteiger partial charge in [-0.15, -0.1) is 11.3 Å². The molecule has 0 saturated carbocycles. The Kier molecular flexibility index (Phi) is 1.94. The molecule has 0 fully saturated rings. The fraction of sp³-hybridized carbons (Fsp3) is 0.222. The minimum absolute atomic E-state index is 0.579. The maximum atomic E-state index is 10.2. The molecule has 2 heterocycles. The van der Waals surface area contributed by atoms with E-state index in [4.69, 9.17) is 0 Å². The first-order valence-corrected chi connectivity index (χ1v) is 4.85. The van der Waals surface area contributed by atoms with Gasteiger partial charge in [0.2, 0.25) is 0 Å². The third kappa shape index (κ3) is 1.38. The van der Waals surface area contributed by atoms with Crippen LogP contribution in [0.25, 0.3) is 0 Å². The van der Waals surface area contributed by atoms with Crippen molar-refractivity contribution in [3.8, 4) is 0 Å². The molecule has 4 heteroatoms. The Balaban J connectivity index is 2.42. The molecule has 0 spiro atoms. The smallest absolute Gasteiger partial charge is 0.153 e. The zero-order valence-corrected chi connectivity index (χ0v) is 8.01. The van der Waals surface area contributed by atoms with Gasteiger partial charge in [-0.3, -0.25) is 0 Å². The third-order valence-electron chi connectivity index (χ3n) is 1.96. The zero-order valence-electron chi connectivity index (χ0n) is 7.19. The van der Waals surface area contributed by atoms with E-state index in [1.807, 2.05) is 17.5 Å². The van der Waals surface area contributed by atoms with Gasteiger partial charge in [0, 0.05) is 17.3 Å². The van der Waals surface area contributed by atoms with E-state index < -0.39 is 5.60 Å². The van der Waals surface area contributed by atoms with E-state index in [1.54, 1.807) is 19.3 Å². The van der Waals surface area contributed by atoms with E-state index in [2.05, 4.69) is 9.97 Å². The molecule has 0 amide bonds. The first-order chi connectivity index (χ1) is 6.21. The first kappa shape index (κ1) is 8.47. The highest BCUT2D eigenvalue weighted by atomic mass is 32.1. The SMILES string of the molecule is CC(O)(c1ncc[nH]1)c1cccs1. The molecule has 0 aromatic carbocycles. The Morgan fingerprint density at radius 3 is 3.00 bits per heavy atom. The zero-order chi connectivity index (χ0) is 9.31. The standard InChI is InChI=1S/C9H10N2OS/c1-9(12,7-3-2-6-13-7)8-10-4-5-11-8/h2-6,12H,1H3,(H,10,11). The number of H-pyrrole nitrogens is 1. The van der Waals surface area contributed by atoms with E-state index in [-0.39, 0.29) is 0 Å². The second kappa shape index (κ2) is 2.97. The molecule has 0 aliphatic carbocycles. The fourth-order valence-electron chi connectivity index (χ4n) is 1.20. The molecule has 3 nitrogen and oxygen atoms in total. The molecule has 13 heavy (non-hydrogen) atoms. The summed E-state index contributed by atoms with van der Waals surface area (Å²) in [7, 11) is 0. The molecule has 2 N–H and O–H groups in total. The van der Waals surface area contributed by atoms with Gasteiger partial charge in [-0.25, -0.2) is 4.98 Å². The lowest BCUT2D eigenvalue weighted by molar-refractivity contribution is 0.0971. The highest BCUT2D eigenvalue weighted by Crippen LogP contribution is 2.29. The largest absolute Gasteiger partial charge is 0.377 e. The summed E-state index contributed by atoms with van der Waals surface area (Å²) in [5.41, 5.74) is -1.00. The van der Waals surface area contributed by atoms with Gasteiger partial charge in [0.25, 0.3) is 0 Å². The Bertz CT molecular complexity index is 328. The van der Waals surface area contributed by atoms with Crippen molar-refractivity contribution < 1.29 is 5.11 Å². The van der Waals surface area contributed by atoms with E-state index in [0.29, 0.717) is 5.82 Å². The van der Waals surface area contributed by atoms with Gasteiger partial charge in [-0.1, -0.05) is 6.07 Å². The van der Waals surface area contributed by atoms with Gasteiger partial charge >= 0.3 is 0 Å². The van der Waals surface area contributed by atoms with Crippen molar-refractivity contribution in [2.45, 2.75) is 12.5 Å². The second-order valence-corrected chi connectivity index (χ2v) is 3.93. The normalized spacial score (nSPS) is 15.5. The molecule has 2 aromatic heterocycles. The second-order valence-electron chi connectivity index (χ2n) is 2.99. The highest BCUT2D eigenvalue weighted by molar-refractivity contribution is 7.10. The lowest BCUT2D eigenvalue weighted by atomic mass is 10.0. The van der Waals surface area contributed by atoms with Crippen LogP contribution in [0.15, 0.2) is 29.9 Å². The average molecular weight is 194 g/mol. The van der Waals surface area contributed by atoms with Gasteiger partial charge in [0.1, 0.15) is 5.82 Å². The summed E-state index contributed by atoms with van der Waals surface area (Å²) in [5, 5.41) is 12.1. The monoisotopic (exact) mass is 194 g/mol. The lowest BCUT2D eigenvalue weighted by Gasteiger charge is -2.18. The van der Waals surface area contributed by atoms with Gasteiger partial charge in [0.05, 0.1) is 0 Å². The van der Waals surface area contributed by atoms with Crippen LogP contribution in [0.2, 0.25) is 0 Å². The maximum Gasteiger partial charge on any atom is 0.153 e. The van der Waals surface area contributed by atoms with Crippen molar-refractivity contribution in [1.29, 1.82) is 0 Å². The number of hydrogen-bond acceptors (Lipinski definition) is 3. The summed E-state index contributed by atoms with van der Waals surface area (Å²) in [6.07, 6.45) is 3.34. The van der Waals surface area contributed by atoms with E-state index in [0.717, 1.165) is 4.88 Å². The van der Waals surface area contributed by atoms with Crippen LogP contribution in [0.5, 0.6) is 0 Å². The Morgan fingerprint density at radius 1 is 1.62 bits per heavy atom. The molecule has 0 bridgehead atoms. The molecule has 0 aliphatic rings. The van der Waals surface area contributed by atoms with E-state index in [9.17, 15) is 5.11 Å². The third-order valence-corrected chi connectivity index (χ3v) is 3.04. The van der Waals surface area contributed by atoms with Crippen LogP contribution in [0, 0.1) is 0 Å². The summed E-state index contributed by atoms with van der Waals surface area (Å²) in [5.74, 6) is 0.579. The number of aromatic nitrogens is 2. The number of nitrogens with zero attached hydrogens (tertiary/aromatic N) is 1. The van der Waals surface area contributed by atoms with Crippen LogP contribution >= 0.6 is 11.3 Å². The predicted octanol–water partition coefficient (Wildman–Crippen LogP) is 1.73. The van der Waals surface area contributed by atoms with Crippen LogP contribution in [-0.4, -0.2) is 15.1 Å². The van der Waals surface area contributed by atoms with Gasteiger partial charge in [-0.05, 0) is 18.4 Å². The van der Waals surface area contributed by atoms with Crippen LogP contribution in [-0.2, 0) is 5.60 Å². The number of imidazole rings is 1. The van der Waals surface area contributed by atoms with Crippen LogP contribution < -0.4 is 0 Å². The quantitative estimate of drug-likeness (QED) is 0.764. The van der Waals surface area contributed by atoms with Crippen LogP contribution in [0.3, 0.4) is 0 Å². The lowest BCUT2D eigenvalue weighted by Crippen LogP contribution is -2.22. The molecule has 2 aromatic rings. The molecule has 1 atom stereocenters. The number of rotatable bonds is 2. The van der Waals surface area contributed by atoms with Crippen molar-refractivity contribution in [2.24, 2.45) is 0 Å². The van der Waals surface area contributed by atoms with Gasteiger partial charge in [0.15, 0.2) is 5.60 Å². The van der Waals surface area contributed by atoms with Crippen molar-refractivity contribution in [2.75, 3.05) is 0 Å². The summed E-state index contributed by atoms with van der Waals surface area (Å²) >= 11 is 1.52. The van der Waals surface area contributed by atoms with Crippen molar-refractivity contribution in [3.63, 3.8) is 0 Å². The van der Waals surface area contributed by atoms with Crippen LogP contribution in [0.4, 0.5) is 0 Å². The summed E-state index contributed by atoms with van der Waals surface area (Å²) < 4.78 is 0. The highest BCUT2D eigenvalue weighted by Gasteiger charge is 2.28. The Hall–Kier alpha value is -1.13. The van der Waals surface area contributed by atoms with Gasteiger partial charge < -0.3 is 10.1 Å². The van der Waals surface area contributed by atoms with Crippen molar-refractivity contribution >= 4 is 11.3 Å². The topological polar surface area (TPSA) is 48.9 Å². The molecule has 0 radical (unpaired) electrons. The molecular weight excluding hydrogens is 184 g/mol. The number of aromatic amines is 1. The van der Waals surface area contributed by atoms with Gasteiger partial charge in [-0.2, -0.15) is 0 Å². The Labute approximate surface area is 80.1 Å². The minimum atomic E-state index is -1.00. The van der Waals surface area contributed by atoms with Crippen molar-refractivity contribution in [1.82, 2.24) is 9.97 Å². The molecule has 68 valence electrons. The predicted molar refractivity (Wildman–Crippen MR) is 51.6 cm³/mol. The number of aliphatic hydroxyl groups is 1. The van der Waals surface area contributed by atoms with E-state index >= 15 is 0 Å². The van der Waals surface area contributed by atoms with Crippen LogP contribution in [0.1, 0.15) is 17.6 Å². The number of thiophene rings is 1. The number of hydrogen-bond donors (Lipinski definition) is 2. The average Bonchev–Trinajstić information content (AvgIpc) is 2.78. The summed E-state index contributed by atoms with van der Waals surface area (Å²) in [4.78, 5) is 7.85. The maximum absolute atomic E-state index is 10.2. The molecular formula is C9H10N2OS. The van der Waals surface area contributed by atoms with E-state index in [1.165, 1.54) is 11.3 Å². The minimum Gasteiger partial charge on any atom is -0.377 e. The summed E-state index contributed by atoms with van der Waals surface area (Å²) in [6, 6.07) is 3.81. The molecule has 0 aliphatic heterocycles. The molecule has 2 rings (SSSR count). The Morgan fingerprint density at radius 2 is 2.46 bits per heavy atom. The number of nitrogens with one attached hydrogen (secondary N) is 1. The first-order valence-electron chi connectivity index (χ1n) is 3.97. The van der Waals surface area contributed by atoms with Crippen molar-refractivity contribution in [3.05, 3.63) is 40.6 Å². The fourth-order valence-corrected chi connectivity index (χ4v) is 1.99. The summed E-state index contributed by atoms with van der Waals surface area (Å²) in [6.45, 7) is 1.73. The molecule has 0 saturated heterocycles.